The van der Waals surface area contributed by atoms with Crippen LogP contribution in [-0.2, 0) is 10.0 Å². The van der Waals surface area contributed by atoms with Crippen LogP contribution in [0.3, 0.4) is 0 Å². The maximum absolute atomic E-state index is 12.0. The van der Waals surface area contributed by atoms with Crippen molar-refractivity contribution < 1.29 is 13.2 Å². The van der Waals surface area contributed by atoms with E-state index in [1.165, 1.54) is 0 Å². The Balaban J connectivity index is 2.62. The normalized spacial score (nSPS) is 13.2. The number of hydrogen-bond acceptors (Lipinski definition) is 5. The molecule has 0 aliphatic carbocycles. The maximum Gasteiger partial charge on any atom is 0.240 e. The van der Waals surface area contributed by atoms with Gasteiger partial charge in [0.25, 0.3) is 0 Å². The number of nitrogens with one attached hydrogen (secondary N) is 1. The van der Waals surface area contributed by atoms with E-state index in [2.05, 4.69) is 4.72 Å². The van der Waals surface area contributed by atoms with E-state index in [1.807, 2.05) is 13.2 Å². The van der Waals surface area contributed by atoms with E-state index in [0.717, 1.165) is 6.42 Å². The van der Waals surface area contributed by atoms with Crippen molar-refractivity contribution in [1.82, 2.24) is 4.72 Å². The summed E-state index contributed by atoms with van der Waals surface area (Å²) < 4.78 is 32.1. The number of hydrogen-bond donors (Lipinski definition) is 2. The molecule has 0 amide bonds. The van der Waals surface area contributed by atoms with Crippen molar-refractivity contribution in [1.29, 1.82) is 0 Å². The fraction of sp³-hybridized carbons (Fsp3) is 0.538. The number of rotatable bonds is 9. The molecule has 0 aliphatic heterocycles. The van der Waals surface area contributed by atoms with Crippen LogP contribution >= 0.6 is 11.8 Å². The third-order valence-electron chi connectivity index (χ3n) is 2.71. The van der Waals surface area contributed by atoms with Crippen molar-refractivity contribution in [3.8, 4) is 5.75 Å². The van der Waals surface area contributed by atoms with E-state index >= 15 is 0 Å². The number of ether oxygens (including phenoxy) is 1. The van der Waals surface area contributed by atoms with Crippen molar-refractivity contribution >= 4 is 21.8 Å². The van der Waals surface area contributed by atoms with E-state index < -0.39 is 10.0 Å². The third kappa shape index (κ3) is 5.70. The second-order valence-corrected chi connectivity index (χ2v) is 7.40. The highest BCUT2D eigenvalue weighted by atomic mass is 32.2. The van der Waals surface area contributed by atoms with Gasteiger partial charge in [-0.05, 0) is 43.5 Å². The van der Waals surface area contributed by atoms with Gasteiger partial charge >= 0.3 is 0 Å². The van der Waals surface area contributed by atoms with Gasteiger partial charge in [0.1, 0.15) is 5.75 Å². The monoisotopic (exact) mass is 318 g/mol. The molecule has 5 nitrogen and oxygen atoms in total. The van der Waals surface area contributed by atoms with Crippen molar-refractivity contribution in [3.63, 3.8) is 0 Å². The van der Waals surface area contributed by atoms with Gasteiger partial charge in [0.15, 0.2) is 0 Å². The Kier molecular flexibility index (Phi) is 7.36. The molecule has 20 heavy (non-hydrogen) atoms. The average molecular weight is 318 g/mol. The molecule has 0 aliphatic rings. The molecule has 0 radical (unpaired) electrons. The van der Waals surface area contributed by atoms with Gasteiger partial charge < -0.3 is 10.5 Å². The zero-order valence-corrected chi connectivity index (χ0v) is 13.5. The van der Waals surface area contributed by atoms with Crippen LogP contribution in [0.25, 0.3) is 0 Å². The summed E-state index contributed by atoms with van der Waals surface area (Å²) in [6.45, 7) is 3.50. The quantitative estimate of drug-likeness (QED) is 0.673. The van der Waals surface area contributed by atoms with E-state index in [4.69, 9.17) is 10.5 Å². The summed E-state index contributed by atoms with van der Waals surface area (Å²) in [5.74, 6) is 0.648. The van der Waals surface area contributed by atoms with Gasteiger partial charge in [0.2, 0.25) is 10.0 Å². The van der Waals surface area contributed by atoms with Crippen molar-refractivity contribution in [2.45, 2.75) is 23.5 Å². The molecule has 0 aromatic heterocycles. The molecule has 1 aromatic carbocycles. The Labute approximate surface area is 125 Å². The minimum absolute atomic E-state index is 0.239. The number of thioether (sulfide) groups is 1. The SMILES string of the molecule is CSC(C)CNS(=O)(=O)c1ccc(OCCCN)cc1. The van der Waals surface area contributed by atoms with E-state index in [-0.39, 0.29) is 10.1 Å². The minimum Gasteiger partial charge on any atom is -0.494 e. The Bertz CT molecular complexity index is 489. The number of benzene rings is 1. The Morgan fingerprint density at radius 1 is 1.35 bits per heavy atom. The van der Waals surface area contributed by atoms with E-state index in [1.54, 1.807) is 36.0 Å². The van der Waals surface area contributed by atoms with E-state index in [0.29, 0.717) is 25.4 Å². The van der Waals surface area contributed by atoms with Crippen LogP contribution in [0.2, 0.25) is 0 Å². The fourth-order valence-corrected chi connectivity index (χ4v) is 2.87. The number of nitrogens with two attached hydrogens (primary N) is 1. The molecule has 1 aromatic rings. The fourth-order valence-electron chi connectivity index (χ4n) is 1.38. The molecule has 1 unspecified atom stereocenters. The molecule has 7 heteroatoms. The Morgan fingerprint density at radius 2 is 2.00 bits per heavy atom. The highest BCUT2D eigenvalue weighted by Gasteiger charge is 2.14. The zero-order chi connectivity index (χ0) is 15.0. The second-order valence-electron chi connectivity index (χ2n) is 4.36. The van der Waals surface area contributed by atoms with Crippen molar-refractivity contribution in [2.24, 2.45) is 5.73 Å². The van der Waals surface area contributed by atoms with Crippen LogP contribution in [0.4, 0.5) is 0 Å². The molecule has 3 N–H and O–H groups in total. The summed E-state index contributed by atoms with van der Waals surface area (Å²) in [5.41, 5.74) is 5.37. The van der Waals surface area contributed by atoms with Crippen LogP contribution in [-0.4, -0.2) is 39.6 Å². The lowest BCUT2D eigenvalue weighted by Gasteiger charge is -2.11. The first-order chi connectivity index (χ1) is 9.49. The summed E-state index contributed by atoms with van der Waals surface area (Å²) in [6, 6.07) is 6.40. The first-order valence-corrected chi connectivity index (χ1v) is 9.22. The van der Waals surface area contributed by atoms with Crippen LogP contribution in [0.15, 0.2) is 29.2 Å². The van der Waals surface area contributed by atoms with Crippen LogP contribution < -0.4 is 15.2 Å². The maximum atomic E-state index is 12.0. The van der Waals surface area contributed by atoms with Crippen molar-refractivity contribution in [2.75, 3.05) is 26.0 Å². The van der Waals surface area contributed by atoms with Gasteiger partial charge in [0.05, 0.1) is 11.5 Å². The smallest absolute Gasteiger partial charge is 0.240 e. The molecule has 0 saturated heterocycles. The van der Waals surface area contributed by atoms with Gasteiger partial charge in [-0.3, -0.25) is 0 Å². The van der Waals surface area contributed by atoms with Gasteiger partial charge in [-0.25, -0.2) is 13.1 Å². The molecule has 0 fully saturated rings. The minimum atomic E-state index is -3.45. The van der Waals surface area contributed by atoms with Gasteiger partial charge in [-0.1, -0.05) is 6.92 Å². The molecular formula is C13H22N2O3S2. The second kappa shape index (κ2) is 8.51. The van der Waals surface area contributed by atoms with Crippen molar-refractivity contribution in [3.05, 3.63) is 24.3 Å². The summed E-state index contributed by atoms with van der Waals surface area (Å²) in [7, 11) is -3.45. The van der Waals surface area contributed by atoms with Gasteiger partial charge in [-0.15, -0.1) is 0 Å². The lowest BCUT2D eigenvalue weighted by molar-refractivity contribution is 0.313. The standard InChI is InChI=1S/C13H22N2O3S2/c1-11(19-2)10-15-20(16,17)13-6-4-12(5-7-13)18-9-3-8-14/h4-7,11,15H,3,8-10,14H2,1-2H3. The first-order valence-electron chi connectivity index (χ1n) is 6.45. The molecule has 1 atom stereocenters. The third-order valence-corrected chi connectivity index (χ3v) is 5.13. The number of sulfonamides is 1. The predicted molar refractivity (Wildman–Crippen MR) is 83.8 cm³/mol. The summed E-state index contributed by atoms with van der Waals surface area (Å²) in [5, 5.41) is 0.239. The molecule has 0 spiro atoms. The highest BCUT2D eigenvalue weighted by Crippen LogP contribution is 2.16. The lowest BCUT2D eigenvalue weighted by atomic mass is 10.3. The predicted octanol–water partition coefficient (Wildman–Crippen LogP) is 1.44. The average Bonchev–Trinajstić information content (AvgIpc) is 2.45. The molecule has 1 rings (SSSR count). The Hall–Kier alpha value is -0.760. The molecule has 0 heterocycles. The molecule has 0 bridgehead atoms. The summed E-state index contributed by atoms with van der Waals surface area (Å²) in [6.07, 6.45) is 2.72. The zero-order valence-electron chi connectivity index (χ0n) is 11.8. The molecule has 114 valence electrons. The highest BCUT2D eigenvalue weighted by molar-refractivity contribution is 7.99. The Morgan fingerprint density at radius 3 is 2.55 bits per heavy atom. The van der Waals surface area contributed by atoms with E-state index in [9.17, 15) is 8.42 Å². The van der Waals surface area contributed by atoms with Gasteiger partial charge in [0, 0.05) is 11.8 Å². The van der Waals surface area contributed by atoms with Crippen LogP contribution in [0, 0.1) is 0 Å². The van der Waals surface area contributed by atoms with Crippen LogP contribution in [0.1, 0.15) is 13.3 Å². The lowest BCUT2D eigenvalue weighted by Crippen LogP contribution is -2.29. The summed E-state index contributed by atoms with van der Waals surface area (Å²) in [4.78, 5) is 0.247. The largest absolute Gasteiger partial charge is 0.494 e. The van der Waals surface area contributed by atoms with Crippen LogP contribution in [0.5, 0.6) is 5.75 Å². The summed E-state index contributed by atoms with van der Waals surface area (Å²) >= 11 is 1.62. The first kappa shape index (κ1) is 17.3. The molecular weight excluding hydrogens is 296 g/mol. The van der Waals surface area contributed by atoms with Gasteiger partial charge in [-0.2, -0.15) is 11.8 Å². The topological polar surface area (TPSA) is 81.4 Å². The molecule has 0 saturated carbocycles.